The normalized spacial score (nSPS) is 30.8. The van der Waals surface area contributed by atoms with E-state index in [9.17, 15) is 5.11 Å². The van der Waals surface area contributed by atoms with Gasteiger partial charge in [-0.15, -0.1) is 12.3 Å². The Morgan fingerprint density at radius 2 is 2.35 bits per heavy atom. The third-order valence-electron chi connectivity index (χ3n) is 3.83. The molecule has 98 valence electrons. The van der Waals surface area contributed by atoms with Crippen molar-refractivity contribution in [2.75, 3.05) is 6.61 Å². The molecule has 0 aromatic heterocycles. The fraction of sp³-hybridized carbons (Fsp3) is 0.867. The molecule has 2 heteroatoms. The molecule has 0 bridgehead atoms. The van der Waals surface area contributed by atoms with E-state index in [0.717, 1.165) is 38.5 Å². The maximum atomic E-state index is 10.4. The van der Waals surface area contributed by atoms with E-state index in [0.29, 0.717) is 12.5 Å². The van der Waals surface area contributed by atoms with Crippen LogP contribution < -0.4 is 0 Å². The highest BCUT2D eigenvalue weighted by Gasteiger charge is 2.41. The third-order valence-corrected chi connectivity index (χ3v) is 3.83. The van der Waals surface area contributed by atoms with Gasteiger partial charge in [-0.3, -0.25) is 0 Å². The number of hydrogen-bond donors (Lipinski definition) is 1. The fourth-order valence-corrected chi connectivity index (χ4v) is 3.02. The Kier molecular flexibility index (Phi) is 6.02. The van der Waals surface area contributed by atoms with E-state index in [1.807, 2.05) is 6.92 Å². The molecule has 0 aromatic carbocycles. The number of rotatable bonds is 6. The predicted molar refractivity (Wildman–Crippen MR) is 70.7 cm³/mol. The molecule has 0 saturated heterocycles. The van der Waals surface area contributed by atoms with Gasteiger partial charge in [0, 0.05) is 13.0 Å². The van der Waals surface area contributed by atoms with Crippen LogP contribution in [0.3, 0.4) is 0 Å². The van der Waals surface area contributed by atoms with Crippen LogP contribution in [-0.2, 0) is 4.74 Å². The Morgan fingerprint density at radius 1 is 1.59 bits per heavy atom. The zero-order valence-electron chi connectivity index (χ0n) is 11.2. The lowest BCUT2D eigenvalue weighted by Gasteiger charge is -2.43. The van der Waals surface area contributed by atoms with E-state index in [1.54, 1.807) is 0 Å². The molecule has 3 atom stereocenters. The summed E-state index contributed by atoms with van der Waals surface area (Å²) in [5.74, 6) is 3.28. The molecular weight excluding hydrogens is 212 g/mol. The molecule has 1 aliphatic carbocycles. The molecule has 0 amide bonds. The Labute approximate surface area is 106 Å². The highest BCUT2D eigenvalue weighted by atomic mass is 16.5. The van der Waals surface area contributed by atoms with Crippen LogP contribution >= 0.6 is 0 Å². The van der Waals surface area contributed by atoms with Crippen LogP contribution in [0.25, 0.3) is 0 Å². The topological polar surface area (TPSA) is 29.5 Å². The van der Waals surface area contributed by atoms with Gasteiger partial charge in [0.25, 0.3) is 0 Å². The van der Waals surface area contributed by atoms with Gasteiger partial charge in [-0.25, -0.2) is 0 Å². The average Bonchev–Trinajstić information content (AvgIpc) is 2.29. The minimum Gasteiger partial charge on any atom is -0.390 e. The lowest BCUT2D eigenvalue weighted by molar-refractivity contribution is -0.149. The van der Waals surface area contributed by atoms with Crippen molar-refractivity contribution in [3.05, 3.63) is 0 Å². The summed E-state index contributed by atoms with van der Waals surface area (Å²) < 4.78 is 5.93. The molecule has 0 radical (unpaired) electrons. The molecule has 0 heterocycles. The number of aliphatic hydroxyl groups excluding tert-OH is 1. The quantitative estimate of drug-likeness (QED) is 0.569. The molecule has 2 nitrogen and oxygen atoms in total. The maximum absolute atomic E-state index is 10.4. The van der Waals surface area contributed by atoms with Gasteiger partial charge in [0.15, 0.2) is 0 Å². The highest BCUT2D eigenvalue weighted by molar-refractivity contribution is 4.94. The molecule has 1 rings (SSSR count). The second-order valence-electron chi connectivity index (χ2n) is 5.31. The molecule has 0 spiro atoms. The largest absolute Gasteiger partial charge is 0.390 e. The van der Waals surface area contributed by atoms with Crippen molar-refractivity contribution in [2.45, 2.75) is 70.5 Å². The van der Waals surface area contributed by atoms with Crippen LogP contribution in [0.4, 0.5) is 0 Å². The number of ether oxygens (including phenoxy) is 1. The first-order valence-electron chi connectivity index (χ1n) is 6.90. The fourth-order valence-electron chi connectivity index (χ4n) is 3.02. The van der Waals surface area contributed by atoms with Crippen LogP contribution in [0.5, 0.6) is 0 Å². The number of aliphatic hydroxyl groups is 1. The number of hydrogen-bond acceptors (Lipinski definition) is 2. The Balaban J connectivity index is 2.59. The SMILES string of the molecule is C#CCCCC(O)C1(OCC)CCCC(C)C1. The minimum atomic E-state index is -0.362. The lowest BCUT2D eigenvalue weighted by Crippen LogP contribution is -2.48. The summed E-state index contributed by atoms with van der Waals surface area (Å²) in [5.41, 5.74) is -0.305. The van der Waals surface area contributed by atoms with Crippen molar-refractivity contribution in [3.63, 3.8) is 0 Å². The minimum absolute atomic E-state index is 0.305. The van der Waals surface area contributed by atoms with E-state index in [1.165, 1.54) is 6.42 Å². The van der Waals surface area contributed by atoms with Gasteiger partial charge in [-0.1, -0.05) is 19.8 Å². The van der Waals surface area contributed by atoms with Crippen molar-refractivity contribution in [1.29, 1.82) is 0 Å². The molecular formula is C15H26O2. The molecule has 0 aliphatic heterocycles. The summed E-state index contributed by atoms with van der Waals surface area (Å²) in [4.78, 5) is 0. The number of unbranched alkanes of at least 4 members (excludes halogenated alkanes) is 1. The van der Waals surface area contributed by atoms with Crippen LogP contribution in [0.15, 0.2) is 0 Å². The van der Waals surface area contributed by atoms with Gasteiger partial charge in [0.2, 0.25) is 0 Å². The molecule has 1 fully saturated rings. The molecule has 1 aliphatic rings. The Morgan fingerprint density at radius 3 is 2.94 bits per heavy atom. The zero-order valence-corrected chi connectivity index (χ0v) is 11.2. The molecule has 3 unspecified atom stereocenters. The standard InChI is InChI=1S/C15H26O2/c1-4-6-7-10-14(16)15(17-5-2)11-8-9-13(3)12-15/h1,13-14,16H,5-12H2,2-3H3. The molecule has 1 saturated carbocycles. The first kappa shape index (κ1) is 14.5. The summed E-state index contributed by atoms with van der Waals surface area (Å²) in [6.07, 6.45) is 11.7. The van der Waals surface area contributed by atoms with Crippen molar-refractivity contribution in [3.8, 4) is 12.3 Å². The summed E-state index contributed by atoms with van der Waals surface area (Å²) in [7, 11) is 0. The van der Waals surface area contributed by atoms with E-state index in [2.05, 4.69) is 12.8 Å². The summed E-state index contributed by atoms with van der Waals surface area (Å²) in [6, 6.07) is 0. The van der Waals surface area contributed by atoms with Crippen LogP contribution in [0.1, 0.15) is 58.8 Å². The van der Waals surface area contributed by atoms with Crippen molar-refractivity contribution >= 4 is 0 Å². The van der Waals surface area contributed by atoms with Gasteiger partial charge in [-0.2, -0.15) is 0 Å². The van der Waals surface area contributed by atoms with Crippen molar-refractivity contribution in [1.82, 2.24) is 0 Å². The van der Waals surface area contributed by atoms with E-state index >= 15 is 0 Å². The maximum Gasteiger partial charge on any atom is 0.0942 e. The van der Waals surface area contributed by atoms with E-state index < -0.39 is 0 Å². The summed E-state index contributed by atoms with van der Waals surface area (Å²) in [6.45, 7) is 4.94. The van der Waals surface area contributed by atoms with E-state index in [-0.39, 0.29) is 11.7 Å². The van der Waals surface area contributed by atoms with Crippen molar-refractivity contribution in [2.24, 2.45) is 5.92 Å². The van der Waals surface area contributed by atoms with Gasteiger partial charge < -0.3 is 9.84 Å². The smallest absolute Gasteiger partial charge is 0.0942 e. The Hall–Kier alpha value is -0.520. The second kappa shape index (κ2) is 7.03. The van der Waals surface area contributed by atoms with Crippen LogP contribution in [0, 0.1) is 18.3 Å². The first-order chi connectivity index (χ1) is 8.14. The van der Waals surface area contributed by atoms with Crippen LogP contribution in [-0.4, -0.2) is 23.4 Å². The molecule has 17 heavy (non-hydrogen) atoms. The van der Waals surface area contributed by atoms with Gasteiger partial charge in [-0.05, 0) is 38.5 Å². The van der Waals surface area contributed by atoms with Gasteiger partial charge >= 0.3 is 0 Å². The highest BCUT2D eigenvalue weighted by Crippen LogP contribution is 2.39. The van der Waals surface area contributed by atoms with Crippen LogP contribution in [0.2, 0.25) is 0 Å². The molecule has 1 N–H and O–H groups in total. The van der Waals surface area contributed by atoms with Gasteiger partial charge in [0.05, 0.1) is 11.7 Å². The Bertz CT molecular complexity index is 252. The molecule has 0 aromatic rings. The average molecular weight is 238 g/mol. The summed E-state index contributed by atoms with van der Waals surface area (Å²) >= 11 is 0. The van der Waals surface area contributed by atoms with Gasteiger partial charge in [0.1, 0.15) is 0 Å². The third kappa shape index (κ3) is 4.01. The predicted octanol–water partition coefficient (Wildman–Crippen LogP) is 3.14. The first-order valence-corrected chi connectivity index (χ1v) is 6.90. The van der Waals surface area contributed by atoms with E-state index in [4.69, 9.17) is 11.2 Å². The summed E-state index contributed by atoms with van der Waals surface area (Å²) in [5, 5.41) is 10.4. The monoisotopic (exact) mass is 238 g/mol. The zero-order chi connectivity index (χ0) is 12.7. The number of terminal acetylenes is 1. The lowest BCUT2D eigenvalue weighted by atomic mass is 9.74. The van der Waals surface area contributed by atoms with Crippen molar-refractivity contribution < 1.29 is 9.84 Å². The second-order valence-corrected chi connectivity index (χ2v) is 5.31.